The van der Waals surface area contributed by atoms with Gasteiger partial charge in [-0.1, -0.05) is 31.5 Å². The molecule has 1 aliphatic heterocycles. The summed E-state index contributed by atoms with van der Waals surface area (Å²) in [7, 11) is 0. The van der Waals surface area contributed by atoms with Gasteiger partial charge in [0.1, 0.15) is 23.4 Å². The van der Waals surface area contributed by atoms with Crippen LogP contribution in [0.4, 0.5) is 4.79 Å². The highest BCUT2D eigenvalue weighted by Gasteiger charge is 2.52. The third-order valence-electron chi connectivity index (χ3n) is 6.33. The van der Waals surface area contributed by atoms with Crippen molar-refractivity contribution in [1.29, 1.82) is 0 Å². The number of furan rings is 1. The number of fused-ring (bicyclic) bond motifs is 1. The molecule has 4 rings (SSSR count). The molecule has 1 spiro atoms. The molecule has 1 aliphatic carbocycles. The lowest BCUT2D eigenvalue weighted by molar-refractivity contribution is -0.136. The maximum absolute atomic E-state index is 12.9. The highest BCUT2D eigenvalue weighted by atomic mass is 16.3. The van der Waals surface area contributed by atoms with Crippen molar-refractivity contribution in [2.45, 2.75) is 57.5 Å². The molecule has 29 heavy (non-hydrogen) atoms. The van der Waals surface area contributed by atoms with E-state index >= 15 is 0 Å². The fourth-order valence-corrected chi connectivity index (χ4v) is 4.45. The fraction of sp³-hybridized carbons (Fsp3) is 0.500. The lowest BCUT2D eigenvalue weighted by Crippen LogP contribution is -2.50. The Morgan fingerprint density at radius 2 is 2.03 bits per heavy atom. The first-order valence-electron chi connectivity index (χ1n) is 10.3. The molecule has 0 bridgehead atoms. The third kappa shape index (κ3) is 3.61. The number of carbonyl (C=O) groups is 3. The number of imide groups is 1. The van der Waals surface area contributed by atoms with Crippen LogP contribution < -0.4 is 10.6 Å². The summed E-state index contributed by atoms with van der Waals surface area (Å²) >= 11 is 0. The minimum atomic E-state index is -0.826. The average molecular weight is 397 g/mol. The molecule has 2 fully saturated rings. The molecule has 7 heteroatoms. The van der Waals surface area contributed by atoms with E-state index in [9.17, 15) is 14.4 Å². The van der Waals surface area contributed by atoms with Crippen LogP contribution in [-0.4, -0.2) is 34.8 Å². The van der Waals surface area contributed by atoms with E-state index in [0.717, 1.165) is 35.1 Å². The first-order chi connectivity index (χ1) is 13.9. The summed E-state index contributed by atoms with van der Waals surface area (Å²) < 4.78 is 5.78. The van der Waals surface area contributed by atoms with Crippen LogP contribution in [-0.2, 0) is 9.59 Å². The van der Waals surface area contributed by atoms with Gasteiger partial charge in [-0.25, -0.2) is 4.79 Å². The van der Waals surface area contributed by atoms with Gasteiger partial charge in [-0.2, -0.15) is 0 Å². The van der Waals surface area contributed by atoms with Crippen LogP contribution in [0.3, 0.4) is 0 Å². The van der Waals surface area contributed by atoms with Crippen LogP contribution in [0.5, 0.6) is 0 Å². The number of carbonyl (C=O) groups excluding carboxylic acids is 3. The number of nitrogens with one attached hydrogen (secondary N) is 2. The minimum absolute atomic E-state index is 0.274. The lowest BCUT2D eigenvalue weighted by atomic mass is 9.75. The summed E-state index contributed by atoms with van der Waals surface area (Å²) in [5.74, 6) is 0.572. The Morgan fingerprint density at radius 3 is 2.72 bits per heavy atom. The van der Waals surface area contributed by atoms with Gasteiger partial charge in [-0.3, -0.25) is 14.5 Å². The van der Waals surface area contributed by atoms with Crippen LogP contribution in [0.1, 0.15) is 57.8 Å². The Labute approximate surface area is 169 Å². The molecule has 7 nitrogen and oxygen atoms in total. The van der Waals surface area contributed by atoms with Crippen LogP contribution in [0.2, 0.25) is 0 Å². The monoisotopic (exact) mass is 397 g/mol. The Kier molecular flexibility index (Phi) is 5.06. The van der Waals surface area contributed by atoms with Gasteiger partial charge in [0.2, 0.25) is 5.91 Å². The zero-order chi connectivity index (χ0) is 20.6. The Hall–Kier alpha value is -2.83. The minimum Gasteiger partial charge on any atom is -0.459 e. The van der Waals surface area contributed by atoms with Crippen LogP contribution in [0.25, 0.3) is 11.0 Å². The summed E-state index contributed by atoms with van der Waals surface area (Å²) in [4.78, 5) is 38.9. The molecule has 1 aromatic carbocycles. The van der Waals surface area contributed by atoms with Crippen molar-refractivity contribution in [1.82, 2.24) is 15.5 Å². The molecule has 154 valence electrons. The van der Waals surface area contributed by atoms with E-state index in [0.29, 0.717) is 24.5 Å². The predicted molar refractivity (Wildman–Crippen MR) is 108 cm³/mol. The molecule has 2 heterocycles. The fourth-order valence-electron chi connectivity index (χ4n) is 4.45. The van der Waals surface area contributed by atoms with Crippen molar-refractivity contribution in [3.63, 3.8) is 0 Å². The SMILES string of the molecule is CCC1CCC2(CC1)NC(=O)N(CC(=O)N[C@@H](C)c1cc3ccccc3o1)C2=O. The zero-order valence-corrected chi connectivity index (χ0v) is 16.9. The second kappa shape index (κ2) is 7.54. The lowest BCUT2D eigenvalue weighted by Gasteiger charge is -2.34. The number of hydrogen-bond donors (Lipinski definition) is 2. The smallest absolute Gasteiger partial charge is 0.325 e. The molecule has 0 unspecified atom stereocenters. The first kappa shape index (κ1) is 19.5. The topological polar surface area (TPSA) is 91.7 Å². The molecule has 4 amide bonds. The van der Waals surface area contributed by atoms with Crippen molar-refractivity contribution < 1.29 is 18.8 Å². The molecule has 0 radical (unpaired) electrons. The number of nitrogens with zero attached hydrogens (tertiary/aromatic N) is 1. The standard InChI is InChI=1S/C22H27N3O4/c1-3-15-8-10-22(11-9-15)20(27)25(21(28)24-22)13-19(26)23-14(2)18-12-16-6-4-5-7-17(16)29-18/h4-7,12,14-15H,3,8-11,13H2,1-2H3,(H,23,26)(H,24,28)/t14-,15?,22?/m0/s1. The van der Waals surface area contributed by atoms with Crippen molar-refractivity contribution in [2.24, 2.45) is 5.92 Å². The summed E-state index contributed by atoms with van der Waals surface area (Å²) in [6.07, 6.45) is 4.22. The van der Waals surface area contributed by atoms with Gasteiger partial charge >= 0.3 is 6.03 Å². The van der Waals surface area contributed by atoms with Crippen LogP contribution in [0, 0.1) is 5.92 Å². The highest BCUT2D eigenvalue weighted by molar-refractivity contribution is 6.09. The number of hydrogen-bond acceptors (Lipinski definition) is 4. The molecule has 1 saturated heterocycles. The largest absolute Gasteiger partial charge is 0.459 e. The Balaban J connectivity index is 1.39. The third-order valence-corrected chi connectivity index (χ3v) is 6.33. The van der Waals surface area contributed by atoms with Crippen LogP contribution >= 0.6 is 0 Å². The van der Waals surface area contributed by atoms with Gasteiger partial charge in [0.25, 0.3) is 5.91 Å². The first-order valence-corrected chi connectivity index (χ1v) is 10.3. The van der Waals surface area contributed by atoms with Gasteiger partial charge in [0.05, 0.1) is 6.04 Å². The van der Waals surface area contributed by atoms with Gasteiger partial charge in [0, 0.05) is 5.39 Å². The molecule has 2 aliphatic rings. The molecule has 1 saturated carbocycles. The molecule has 2 N–H and O–H groups in total. The maximum Gasteiger partial charge on any atom is 0.325 e. The molecular formula is C22H27N3O4. The predicted octanol–water partition coefficient (Wildman–Crippen LogP) is 3.50. The van der Waals surface area contributed by atoms with E-state index in [1.165, 1.54) is 0 Å². The summed E-state index contributed by atoms with van der Waals surface area (Å²) in [6, 6.07) is 8.66. The summed E-state index contributed by atoms with van der Waals surface area (Å²) in [6.45, 7) is 3.68. The van der Waals surface area contributed by atoms with Crippen molar-refractivity contribution in [2.75, 3.05) is 6.54 Å². The summed E-state index contributed by atoms with van der Waals surface area (Å²) in [5, 5.41) is 6.65. The average Bonchev–Trinajstić information content (AvgIpc) is 3.24. The van der Waals surface area contributed by atoms with Gasteiger partial charge in [-0.05, 0) is 50.7 Å². The second-order valence-electron chi connectivity index (χ2n) is 8.23. The van der Waals surface area contributed by atoms with E-state index in [1.54, 1.807) is 0 Å². The second-order valence-corrected chi connectivity index (χ2v) is 8.23. The number of urea groups is 1. The van der Waals surface area contributed by atoms with E-state index in [4.69, 9.17) is 4.42 Å². The van der Waals surface area contributed by atoms with E-state index in [2.05, 4.69) is 17.6 Å². The number of rotatable bonds is 5. The van der Waals surface area contributed by atoms with Crippen LogP contribution in [0.15, 0.2) is 34.7 Å². The number of amides is 4. The quantitative estimate of drug-likeness (QED) is 0.756. The summed E-state index contributed by atoms with van der Waals surface area (Å²) in [5.41, 5.74) is -0.0739. The van der Waals surface area contributed by atoms with Crippen molar-refractivity contribution >= 4 is 28.8 Å². The number of benzene rings is 1. The van der Waals surface area contributed by atoms with Gasteiger partial charge < -0.3 is 15.1 Å². The zero-order valence-electron chi connectivity index (χ0n) is 16.9. The van der Waals surface area contributed by atoms with Gasteiger partial charge in [0.15, 0.2) is 0 Å². The van der Waals surface area contributed by atoms with E-state index < -0.39 is 11.6 Å². The molecular weight excluding hydrogens is 370 g/mol. The molecule has 1 aromatic heterocycles. The Morgan fingerprint density at radius 1 is 1.31 bits per heavy atom. The van der Waals surface area contributed by atoms with E-state index in [-0.39, 0.29) is 24.4 Å². The normalized spacial score (nSPS) is 25.4. The highest BCUT2D eigenvalue weighted by Crippen LogP contribution is 2.37. The molecule has 2 aromatic rings. The van der Waals surface area contributed by atoms with Crippen molar-refractivity contribution in [3.05, 3.63) is 36.1 Å². The van der Waals surface area contributed by atoms with Crippen molar-refractivity contribution in [3.8, 4) is 0 Å². The maximum atomic E-state index is 12.9. The van der Waals surface area contributed by atoms with Gasteiger partial charge in [-0.15, -0.1) is 0 Å². The Bertz CT molecular complexity index is 909. The number of para-hydroxylation sites is 1. The van der Waals surface area contributed by atoms with E-state index in [1.807, 2.05) is 37.3 Å². The molecule has 1 atom stereocenters.